The molecule has 10 heteroatoms. The van der Waals surface area contributed by atoms with Crippen molar-refractivity contribution in [1.82, 2.24) is 24.0 Å². The number of aryl methyl sites for hydroxylation is 1. The van der Waals surface area contributed by atoms with Crippen LogP contribution < -0.4 is 11.2 Å². The fourth-order valence-corrected chi connectivity index (χ4v) is 3.39. The van der Waals surface area contributed by atoms with Crippen LogP contribution >= 0.6 is 0 Å². The molecule has 0 radical (unpaired) electrons. The summed E-state index contributed by atoms with van der Waals surface area (Å²) in [5, 5.41) is 0. The minimum Gasteiger partial charge on any atom is -0.379 e. The lowest BCUT2D eigenvalue weighted by Gasteiger charge is -2.38. The number of rotatable bonds is 3. The van der Waals surface area contributed by atoms with Gasteiger partial charge in [-0.25, -0.2) is 14.7 Å². The van der Waals surface area contributed by atoms with Gasteiger partial charge in [-0.15, -0.1) is 0 Å². The van der Waals surface area contributed by atoms with E-state index in [0.717, 1.165) is 13.1 Å². The highest BCUT2D eigenvalue weighted by atomic mass is 16.8. The first-order valence-corrected chi connectivity index (χ1v) is 8.27. The molecule has 0 saturated carbocycles. The van der Waals surface area contributed by atoms with Crippen LogP contribution in [0.2, 0.25) is 0 Å². The van der Waals surface area contributed by atoms with Gasteiger partial charge < -0.3 is 18.8 Å². The molecule has 2 aromatic rings. The summed E-state index contributed by atoms with van der Waals surface area (Å²) in [6.07, 6.45) is 1.33. The Morgan fingerprint density at radius 2 is 2.12 bits per heavy atom. The Hall–Kier alpha value is -2.01. The second-order valence-corrected chi connectivity index (χ2v) is 6.44. The molecule has 2 aliphatic rings. The number of imidazole rings is 1. The maximum Gasteiger partial charge on any atom is 0.329 e. The number of hydrogen-bond acceptors (Lipinski definition) is 7. The van der Waals surface area contributed by atoms with Crippen LogP contribution in [-0.2, 0) is 27.8 Å². The summed E-state index contributed by atoms with van der Waals surface area (Å²) in [4.78, 5) is 32.4. The van der Waals surface area contributed by atoms with Crippen LogP contribution in [-0.4, -0.2) is 68.9 Å². The first-order valence-electron chi connectivity index (χ1n) is 8.27. The Balaban J connectivity index is 1.56. The highest BCUT2D eigenvalue weighted by Crippen LogP contribution is 2.29. The molecule has 2 atom stereocenters. The zero-order valence-corrected chi connectivity index (χ0v) is 14.2. The van der Waals surface area contributed by atoms with Crippen LogP contribution in [0.25, 0.3) is 11.2 Å². The molecule has 0 amide bonds. The third-order valence-electron chi connectivity index (χ3n) is 4.78. The number of fused-ring (bicyclic) bond motifs is 1. The van der Waals surface area contributed by atoms with Crippen LogP contribution in [0, 0.1) is 0 Å². The summed E-state index contributed by atoms with van der Waals surface area (Å²) in [5.41, 5.74) is -0.233. The second kappa shape index (κ2) is 6.06. The van der Waals surface area contributed by atoms with Gasteiger partial charge in [0, 0.05) is 27.1 Å². The molecular weight excluding hydrogens is 330 g/mol. The smallest absolute Gasteiger partial charge is 0.329 e. The van der Waals surface area contributed by atoms with Crippen molar-refractivity contribution in [2.45, 2.75) is 25.5 Å². The van der Waals surface area contributed by atoms with Gasteiger partial charge in [0.15, 0.2) is 11.2 Å². The minimum absolute atomic E-state index is 0.220. The van der Waals surface area contributed by atoms with E-state index in [1.807, 2.05) is 6.92 Å². The molecule has 1 N–H and O–H groups in total. The van der Waals surface area contributed by atoms with E-state index in [0.29, 0.717) is 37.5 Å². The third-order valence-corrected chi connectivity index (χ3v) is 4.78. The van der Waals surface area contributed by atoms with Gasteiger partial charge in [-0.1, -0.05) is 0 Å². The highest BCUT2D eigenvalue weighted by Gasteiger charge is 2.43. The number of aromatic nitrogens is 4. The second-order valence-electron chi connectivity index (χ2n) is 6.44. The van der Waals surface area contributed by atoms with Gasteiger partial charge in [-0.2, -0.15) is 0 Å². The van der Waals surface area contributed by atoms with Crippen molar-refractivity contribution in [1.29, 1.82) is 0 Å². The van der Waals surface area contributed by atoms with Crippen molar-refractivity contribution in [2.24, 2.45) is 7.05 Å². The van der Waals surface area contributed by atoms with Crippen LogP contribution in [0.4, 0.5) is 0 Å². The van der Waals surface area contributed by atoms with Crippen molar-refractivity contribution in [3.05, 3.63) is 27.2 Å². The first-order chi connectivity index (χ1) is 12.0. The summed E-state index contributed by atoms with van der Waals surface area (Å²) >= 11 is 0. The Morgan fingerprint density at radius 3 is 2.88 bits per heavy atom. The van der Waals surface area contributed by atoms with Gasteiger partial charge in [-0.3, -0.25) is 14.3 Å². The van der Waals surface area contributed by atoms with E-state index in [2.05, 4.69) is 14.9 Å². The quantitative estimate of drug-likeness (QED) is 0.744. The minimum atomic E-state index is -0.788. The van der Waals surface area contributed by atoms with Crippen molar-refractivity contribution in [3.8, 4) is 0 Å². The number of H-pyrrole nitrogens is 1. The number of ether oxygens (including phenoxy) is 3. The molecular formula is C15H21N5O5. The fraction of sp³-hybridized carbons (Fsp3) is 0.667. The summed E-state index contributed by atoms with van der Waals surface area (Å²) in [5.74, 6) is -0.788. The topological polar surface area (TPSA) is 104 Å². The molecule has 136 valence electrons. The van der Waals surface area contributed by atoms with Gasteiger partial charge in [0.05, 0.1) is 32.7 Å². The molecule has 4 rings (SSSR count). The lowest BCUT2D eigenvalue weighted by Crippen LogP contribution is -2.52. The van der Waals surface area contributed by atoms with Crippen molar-refractivity contribution in [3.63, 3.8) is 0 Å². The SMILES string of the molecule is Cn1c(=O)[nH]c(=O)c2c1ncn2CC1COC(C)(N2CCOCC2)O1. The molecule has 0 aromatic carbocycles. The molecule has 2 aliphatic heterocycles. The van der Waals surface area contributed by atoms with E-state index in [1.54, 1.807) is 17.9 Å². The summed E-state index contributed by atoms with van der Waals surface area (Å²) in [7, 11) is 1.57. The average molecular weight is 351 g/mol. The predicted molar refractivity (Wildman–Crippen MR) is 87.2 cm³/mol. The molecule has 10 nitrogen and oxygen atoms in total. The van der Waals surface area contributed by atoms with Crippen LogP contribution in [0.15, 0.2) is 15.9 Å². The zero-order valence-electron chi connectivity index (χ0n) is 14.2. The predicted octanol–water partition coefficient (Wildman–Crippen LogP) is -1.16. The fourth-order valence-electron chi connectivity index (χ4n) is 3.39. The van der Waals surface area contributed by atoms with E-state index in [1.165, 1.54) is 4.57 Å². The normalized spacial score (nSPS) is 28.0. The lowest BCUT2D eigenvalue weighted by atomic mass is 10.3. The summed E-state index contributed by atoms with van der Waals surface area (Å²) < 4.78 is 20.4. The number of nitrogens with one attached hydrogen (secondary N) is 1. The molecule has 25 heavy (non-hydrogen) atoms. The van der Waals surface area contributed by atoms with Gasteiger partial charge >= 0.3 is 5.69 Å². The number of hydrogen-bond donors (Lipinski definition) is 1. The highest BCUT2D eigenvalue weighted by molar-refractivity contribution is 5.69. The maximum absolute atomic E-state index is 12.2. The molecule has 2 saturated heterocycles. The Kier molecular flexibility index (Phi) is 3.99. The van der Waals surface area contributed by atoms with E-state index < -0.39 is 17.2 Å². The molecule has 2 fully saturated rings. The number of nitrogens with zero attached hydrogens (tertiary/aromatic N) is 4. The van der Waals surface area contributed by atoms with Crippen LogP contribution in [0.5, 0.6) is 0 Å². The number of morpholine rings is 1. The molecule has 0 bridgehead atoms. The van der Waals surface area contributed by atoms with Crippen molar-refractivity contribution in [2.75, 3.05) is 32.9 Å². The molecule has 0 spiro atoms. The van der Waals surface area contributed by atoms with Crippen molar-refractivity contribution < 1.29 is 14.2 Å². The first kappa shape index (κ1) is 16.5. The average Bonchev–Trinajstić information content (AvgIpc) is 3.19. The molecule has 4 heterocycles. The van der Waals surface area contributed by atoms with Gasteiger partial charge in [0.25, 0.3) is 5.56 Å². The van der Waals surface area contributed by atoms with Gasteiger partial charge in [0.1, 0.15) is 6.10 Å². The van der Waals surface area contributed by atoms with Crippen LogP contribution in [0.1, 0.15) is 6.92 Å². The van der Waals surface area contributed by atoms with Crippen molar-refractivity contribution >= 4 is 11.2 Å². The van der Waals surface area contributed by atoms with E-state index >= 15 is 0 Å². The monoisotopic (exact) mass is 351 g/mol. The standard InChI is InChI=1S/C15H21N5O5/c1-15(20-3-5-23-6-4-20)24-8-10(25-15)7-19-9-16-12-11(19)13(21)17-14(22)18(12)2/h9-10H,3-8H2,1-2H3,(H,17,21,22). The van der Waals surface area contributed by atoms with Gasteiger partial charge in [0.2, 0.25) is 5.91 Å². The molecule has 2 unspecified atom stereocenters. The summed E-state index contributed by atoms with van der Waals surface area (Å²) in [6, 6.07) is 0. The maximum atomic E-state index is 12.2. The van der Waals surface area contributed by atoms with E-state index in [-0.39, 0.29) is 6.10 Å². The Morgan fingerprint density at radius 1 is 1.36 bits per heavy atom. The Bertz CT molecular complexity index is 896. The third kappa shape index (κ3) is 2.80. The summed E-state index contributed by atoms with van der Waals surface area (Å²) in [6.45, 7) is 5.54. The molecule has 2 aromatic heterocycles. The molecule has 0 aliphatic carbocycles. The van der Waals surface area contributed by atoms with E-state index in [4.69, 9.17) is 14.2 Å². The van der Waals surface area contributed by atoms with Gasteiger partial charge in [-0.05, 0) is 0 Å². The largest absolute Gasteiger partial charge is 0.379 e. The Labute approximate surface area is 142 Å². The number of aromatic amines is 1. The van der Waals surface area contributed by atoms with Crippen LogP contribution in [0.3, 0.4) is 0 Å². The zero-order chi connectivity index (χ0) is 17.6. The lowest BCUT2D eigenvalue weighted by molar-refractivity contribution is -0.265. The van der Waals surface area contributed by atoms with E-state index in [9.17, 15) is 9.59 Å².